The molecule has 1 atom stereocenters. The summed E-state index contributed by atoms with van der Waals surface area (Å²) >= 11 is 0. The average Bonchev–Trinajstić information content (AvgIpc) is 3.00. The molecule has 0 fully saturated rings. The van der Waals surface area contributed by atoms with E-state index in [0.29, 0.717) is 5.56 Å². The van der Waals surface area contributed by atoms with Gasteiger partial charge in [0.15, 0.2) is 0 Å². The van der Waals surface area contributed by atoms with Crippen LogP contribution in [-0.4, -0.2) is 22.8 Å². The first-order chi connectivity index (χ1) is 11.4. The van der Waals surface area contributed by atoms with Gasteiger partial charge in [-0.05, 0) is 64.3 Å². The first-order valence-corrected chi connectivity index (χ1v) is 8.42. The van der Waals surface area contributed by atoms with Crippen molar-refractivity contribution in [2.45, 2.75) is 51.6 Å². The van der Waals surface area contributed by atoms with Crippen LogP contribution in [0.15, 0.2) is 30.5 Å². The normalized spacial score (nSPS) is 17.2. The third kappa shape index (κ3) is 3.16. The van der Waals surface area contributed by atoms with Crippen LogP contribution in [0.4, 0.5) is 0 Å². The molecule has 1 aromatic heterocycles. The van der Waals surface area contributed by atoms with Gasteiger partial charge in [-0.25, -0.2) is 0 Å². The molecule has 0 spiro atoms. The van der Waals surface area contributed by atoms with Gasteiger partial charge in [0.25, 0.3) is 5.91 Å². The van der Waals surface area contributed by atoms with Crippen LogP contribution in [0.25, 0.3) is 0 Å². The summed E-state index contributed by atoms with van der Waals surface area (Å²) < 4.78 is 7.23. The molecule has 0 saturated carbocycles. The molecule has 1 amide bonds. The van der Waals surface area contributed by atoms with Crippen molar-refractivity contribution in [3.8, 4) is 5.75 Å². The highest BCUT2D eigenvalue weighted by Gasteiger charge is 2.29. The molecule has 0 saturated heterocycles. The molecule has 1 aromatic carbocycles. The number of carbonyl (C=O) groups excluding carboxylic acids is 1. The van der Waals surface area contributed by atoms with E-state index in [0.717, 1.165) is 30.6 Å². The molecule has 1 aliphatic carbocycles. The van der Waals surface area contributed by atoms with Crippen molar-refractivity contribution in [2.24, 2.45) is 0 Å². The minimum atomic E-state index is -0.0565. The maximum Gasteiger partial charge on any atom is 0.251 e. The molecule has 1 unspecified atom stereocenters. The summed E-state index contributed by atoms with van der Waals surface area (Å²) in [6.45, 7) is 6.46. The summed E-state index contributed by atoms with van der Waals surface area (Å²) in [5, 5.41) is 7.73. The Bertz CT molecular complexity index is 726. The summed E-state index contributed by atoms with van der Waals surface area (Å²) in [6, 6.07) is 7.21. The van der Waals surface area contributed by atoms with Crippen molar-refractivity contribution < 1.29 is 9.53 Å². The highest BCUT2D eigenvalue weighted by atomic mass is 16.5. The number of ether oxygens (including phenoxy) is 1. The van der Waals surface area contributed by atoms with E-state index in [-0.39, 0.29) is 17.5 Å². The minimum absolute atomic E-state index is 0.0273. The monoisotopic (exact) mass is 327 g/mol. The molecule has 3 rings (SSSR count). The first kappa shape index (κ1) is 16.6. The third-order valence-corrected chi connectivity index (χ3v) is 4.48. The quantitative estimate of drug-likeness (QED) is 0.939. The number of hydrogen-bond donors (Lipinski definition) is 1. The maximum absolute atomic E-state index is 12.5. The number of nitrogens with zero attached hydrogens (tertiary/aromatic N) is 2. The Morgan fingerprint density at radius 1 is 1.29 bits per heavy atom. The lowest BCUT2D eigenvalue weighted by molar-refractivity contribution is 0.0932. The molecule has 0 radical (unpaired) electrons. The topological polar surface area (TPSA) is 56.1 Å². The van der Waals surface area contributed by atoms with Crippen molar-refractivity contribution in [3.63, 3.8) is 0 Å². The van der Waals surface area contributed by atoms with E-state index in [1.807, 2.05) is 6.20 Å². The Morgan fingerprint density at radius 3 is 2.62 bits per heavy atom. The van der Waals surface area contributed by atoms with Crippen LogP contribution in [0.5, 0.6) is 5.75 Å². The average molecular weight is 327 g/mol. The van der Waals surface area contributed by atoms with Gasteiger partial charge in [-0.1, -0.05) is 0 Å². The molecule has 1 heterocycles. The molecule has 128 valence electrons. The van der Waals surface area contributed by atoms with Crippen molar-refractivity contribution in [3.05, 3.63) is 47.3 Å². The fourth-order valence-corrected chi connectivity index (χ4v) is 3.27. The van der Waals surface area contributed by atoms with Crippen LogP contribution >= 0.6 is 0 Å². The van der Waals surface area contributed by atoms with E-state index in [1.54, 1.807) is 31.4 Å². The Kier molecular flexibility index (Phi) is 4.35. The number of amides is 1. The predicted molar refractivity (Wildman–Crippen MR) is 93.4 cm³/mol. The summed E-state index contributed by atoms with van der Waals surface area (Å²) in [5.41, 5.74) is 2.99. The molecule has 0 aliphatic heterocycles. The highest BCUT2D eigenvalue weighted by molar-refractivity contribution is 5.94. The Balaban J connectivity index is 1.80. The number of fused-ring (bicyclic) bond motifs is 1. The predicted octanol–water partition coefficient (Wildman–Crippen LogP) is 3.45. The number of nitrogens with one attached hydrogen (secondary N) is 1. The summed E-state index contributed by atoms with van der Waals surface area (Å²) in [7, 11) is 1.62. The van der Waals surface area contributed by atoms with Crippen LogP contribution in [0.1, 0.15) is 61.3 Å². The van der Waals surface area contributed by atoms with E-state index in [4.69, 9.17) is 4.74 Å². The van der Waals surface area contributed by atoms with Gasteiger partial charge < -0.3 is 10.1 Å². The van der Waals surface area contributed by atoms with E-state index in [1.165, 1.54) is 5.69 Å². The molecular formula is C19H25N3O2. The van der Waals surface area contributed by atoms with Gasteiger partial charge in [-0.3, -0.25) is 9.48 Å². The zero-order valence-corrected chi connectivity index (χ0v) is 14.8. The summed E-state index contributed by atoms with van der Waals surface area (Å²) in [6.07, 6.45) is 4.94. The van der Waals surface area contributed by atoms with Crippen LogP contribution in [-0.2, 0) is 12.0 Å². The lowest BCUT2D eigenvalue weighted by atomic mass is 9.92. The van der Waals surface area contributed by atoms with E-state index in [2.05, 4.69) is 35.9 Å². The van der Waals surface area contributed by atoms with Crippen molar-refractivity contribution in [1.82, 2.24) is 15.1 Å². The fourth-order valence-electron chi connectivity index (χ4n) is 3.27. The standard InChI is InChI=1S/C19H25N3O2/c1-19(2,3)22-17-7-5-6-16(15(17)12-20-22)21-18(23)13-8-10-14(24-4)11-9-13/h8-12,16H,5-7H2,1-4H3,(H,21,23). The van der Waals surface area contributed by atoms with E-state index in [9.17, 15) is 4.79 Å². The highest BCUT2D eigenvalue weighted by Crippen LogP contribution is 2.32. The smallest absolute Gasteiger partial charge is 0.251 e. The van der Waals surface area contributed by atoms with Gasteiger partial charge in [0.1, 0.15) is 5.75 Å². The lowest BCUT2D eigenvalue weighted by Gasteiger charge is -2.28. The molecule has 1 aliphatic rings. The largest absolute Gasteiger partial charge is 0.497 e. The number of benzene rings is 1. The van der Waals surface area contributed by atoms with Crippen LogP contribution in [0, 0.1) is 0 Å². The van der Waals surface area contributed by atoms with Crippen molar-refractivity contribution in [1.29, 1.82) is 0 Å². The number of methoxy groups -OCH3 is 1. The zero-order valence-electron chi connectivity index (χ0n) is 14.8. The molecule has 2 aromatic rings. The Morgan fingerprint density at radius 2 is 2.00 bits per heavy atom. The van der Waals surface area contributed by atoms with Gasteiger partial charge in [-0.15, -0.1) is 0 Å². The summed E-state index contributed by atoms with van der Waals surface area (Å²) in [5.74, 6) is 0.692. The Labute approximate surface area is 143 Å². The minimum Gasteiger partial charge on any atom is -0.497 e. The second-order valence-corrected chi connectivity index (χ2v) is 7.28. The molecule has 1 N–H and O–H groups in total. The molecular weight excluding hydrogens is 302 g/mol. The number of carbonyl (C=O) groups is 1. The van der Waals surface area contributed by atoms with Gasteiger partial charge in [0.2, 0.25) is 0 Å². The van der Waals surface area contributed by atoms with Gasteiger partial charge in [0, 0.05) is 16.8 Å². The first-order valence-electron chi connectivity index (χ1n) is 8.42. The van der Waals surface area contributed by atoms with Gasteiger partial charge >= 0.3 is 0 Å². The lowest BCUT2D eigenvalue weighted by Crippen LogP contribution is -2.32. The third-order valence-electron chi connectivity index (χ3n) is 4.48. The van der Waals surface area contributed by atoms with Crippen LogP contribution in [0.2, 0.25) is 0 Å². The summed E-state index contributed by atoms with van der Waals surface area (Å²) in [4.78, 5) is 12.5. The Hall–Kier alpha value is -2.30. The number of hydrogen-bond acceptors (Lipinski definition) is 3. The SMILES string of the molecule is COc1ccc(C(=O)NC2CCCc3c2cnn3C(C)(C)C)cc1. The number of rotatable bonds is 3. The van der Waals surface area contributed by atoms with Crippen molar-refractivity contribution >= 4 is 5.91 Å². The van der Waals surface area contributed by atoms with Crippen LogP contribution in [0.3, 0.4) is 0 Å². The molecule has 24 heavy (non-hydrogen) atoms. The van der Waals surface area contributed by atoms with Crippen LogP contribution < -0.4 is 10.1 Å². The fraction of sp³-hybridized carbons (Fsp3) is 0.474. The molecule has 5 heteroatoms. The van der Waals surface area contributed by atoms with Gasteiger partial charge in [0.05, 0.1) is 24.9 Å². The number of aromatic nitrogens is 2. The van der Waals surface area contributed by atoms with Gasteiger partial charge in [-0.2, -0.15) is 5.10 Å². The molecule has 5 nitrogen and oxygen atoms in total. The second kappa shape index (κ2) is 6.30. The zero-order chi connectivity index (χ0) is 17.3. The molecule has 0 bridgehead atoms. The van der Waals surface area contributed by atoms with E-state index < -0.39 is 0 Å². The second-order valence-electron chi connectivity index (χ2n) is 7.28. The van der Waals surface area contributed by atoms with E-state index >= 15 is 0 Å². The van der Waals surface area contributed by atoms with Crippen molar-refractivity contribution in [2.75, 3.05) is 7.11 Å². The maximum atomic E-state index is 12.5.